The van der Waals surface area contributed by atoms with E-state index in [-0.39, 0.29) is 46.7 Å². The lowest BCUT2D eigenvalue weighted by molar-refractivity contribution is -0.385. The van der Waals surface area contributed by atoms with Gasteiger partial charge in [0.05, 0.1) is 18.6 Å². The Morgan fingerprint density at radius 2 is 1.94 bits per heavy atom. The standard InChI is InChI=1S/C24H18ClN3O8/c1-34-23(30)20-8-7-17(36-20)12-27-22(29)18(26-24(27)31)10-15-9-16(25)11-19(28(32)33)21(15)35-13-14-5-3-2-4-6-14/h2-11H,12-13H2,1H3,(H,26,31)/b18-10-. The molecule has 0 aliphatic carbocycles. The Hall–Kier alpha value is -4.64. The first kappa shape index (κ1) is 24.5. The number of amides is 3. The largest absolute Gasteiger partial charge is 0.482 e. The van der Waals surface area contributed by atoms with Crippen LogP contribution in [-0.4, -0.2) is 34.8 Å². The van der Waals surface area contributed by atoms with Crippen LogP contribution in [0.15, 0.2) is 64.7 Å². The summed E-state index contributed by atoms with van der Waals surface area (Å²) in [4.78, 5) is 48.9. The monoisotopic (exact) mass is 511 g/mol. The molecule has 3 amide bonds. The second-order valence-corrected chi connectivity index (χ2v) is 7.95. The number of nitrogens with zero attached hydrogens (tertiary/aromatic N) is 2. The highest BCUT2D eigenvalue weighted by molar-refractivity contribution is 6.31. The summed E-state index contributed by atoms with van der Waals surface area (Å²) in [5.41, 5.74) is 0.342. The number of carbonyl (C=O) groups excluding carboxylic acids is 3. The molecule has 1 aliphatic rings. The van der Waals surface area contributed by atoms with Crippen LogP contribution in [0.1, 0.15) is 27.4 Å². The molecule has 3 aromatic rings. The number of nitrogens with one attached hydrogen (secondary N) is 1. The first-order valence-corrected chi connectivity index (χ1v) is 10.8. The maximum Gasteiger partial charge on any atom is 0.373 e. The summed E-state index contributed by atoms with van der Waals surface area (Å²) < 4.78 is 15.6. The van der Waals surface area contributed by atoms with Gasteiger partial charge in [-0.15, -0.1) is 0 Å². The minimum Gasteiger partial charge on any atom is -0.482 e. The molecular formula is C24H18ClN3O8. The summed E-state index contributed by atoms with van der Waals surface area (Å²) in [6, 6.07) is 13.6. The number of imide groups is 1. The SMILES string of the molecule is COC(=O)c1ccc(CN2C(=O)N/C(=C\c3cc(Cl)cc([N+](=O)[O-])c3OCc3ccccc3)C2=O)o1. The second-order valence-electron chi connectivity index (χ2n) is 7.51. The molecule has 0 bridgehead atoms. The molecule has 1 fully saturated rings. The van der Waals surface area contributed by atoms with Crippen molar-refractivity contribution in [3.63, 3.8) is 0 Å². The molecule has 2 heterocycles. The summed E-state index contributed by atoms with van der Waals surface area (Å²) in [6.07, 6.45) is 1.25. The van der Waals surface area contributed by atoms with Crippen LogP contribution in [0.4, 0.5) is 10.5 Å². The lowest BCUT2D eigenvalue weighted by Gasteiger charge is -2.11. The zero-order valence-corrected chi connectivity index (χ0v) is 19.5. The van der Waals surface area contributed by atoms with Crippen LogP contribution in [-0.2, 0) is 22.7 Å². The number of nitro benzene ring substituents is 1. The number of carbonyl (C=O) groups is 3. The maximum absolute atomic E-state index is 12.9. The third-order valence-corrected chi connectivity index (χ3v) is 5.33. The Labute approximate surface area is 209 Å². The molecule has 1 N–H and O–H groups in total. The van der Waals surface area contributed by atoms with Crippen molar-refractivity contribution in [1.82, 2.24) is 10.2 Å². The molecule has 0 spiro atoms. The van der Waals surface area contributed by atoms with Crippen molar-refractivity contribution in [2.24, 2.45) is 0 Å². The van der Waals surface area contributed by atoms with Crippen LogP contribution in [0, 0.1) is 10.1 Å². The average molecular weight is 512 g/mol. The van der Waals surface area contributed by atoms with Crippen molar-refractivity contribution in [1.29, 1.82) is 0 Å². The molecule has 0 radical (unpaired) electrons. The van der Waals surface area contributed by atoms with E-state index in [1.54, 1.807) is 24.3 Å². The molecule has 1 aromatic heterocycles. The number of methoxy groups -OCH3 is 1. The fraction of sp³-hybridized carbons (Fsp3) is 0.125. The summed E-state index contributed by atoms with van der Waals surface area (Å²) >= 11 is 6.09. The predicted molar refractivity (Wildman–Crippen MR) is 126 cm³/mol. The van der Waals surface area contributed by atoms with Gasteiger partial charge in [0.1, 0.15) is 18.1 Å². The Morgan fingerprint density at radius 1 is 1.19 bits per heavy atom. The van der Waals surface area contributed by atoms with E-state index in [0.29, 0.717) is 0 Å². The van der Waals surface area contributed by atoms with Crippen molar-refractivity contribution in [3.8, 4) is 5.75 Å². The van der Waals surface area contributed by atoms with Crippen LogP contribution in [0.25, 0.3) is 6.08 Å². The first-order valence-electron chi connectivity index (χ1n) is 10.4. The molecule has 1 aliphatic heterocycles. The van der Waals surface area contributed by atoms with E-state index in [2.05, 4.69) is 10.1 Å². The number of benzene rings is 2. The number of nitro groups is 1. The quantitative estimate of drug-likeness (QED) is 0.155. The average Bonchev–Trinajstić information content (AvgIpc) is 3.43. The van der Waals surface area contributed by atoms with Crippen LogP contribution < -0.4 is 10.1 Å². The second kappa shape index (κ2) is 10.3. The van der Waals surface area contributed by atoms with Crippen LogP contribution >= 0.6 is 11.6 Å². The van der Waals surface area contributed by atoms with Crippen LogP contribution in [0.2, 0.25) is 5.02 Å². The smallest absolute Gasteiger partial charge is 0.373 e. The summed E-state index contributed by atoms with van der Waals surface area (Å²) in [5.74, 6) is -1.44. The molecule has 184 valence electrons. The van der Waals surface area contributed by atoms with Gasteiger partial charge >= 0.3 is 17.7 Å². The van der Waals surface area contributed by atoms with Gasteiger partial charge in [0.25, 0.3) is 5.91 Å². The van der Waals surface area contributed by atoms with Gasteiger partial charge < -0.3 is 19.2 Å². The van der Waals surface area contributed by atoms with Gasteiger partial charge in [-0.1, -0.05) is 41.9 Å². The Morgan fingerprint density at radius 3 is 2.64 bits per heavy atom. The van der Waals surface area contributed by atoms with E-state index in [4.69, 9.17) is 20.8 Å². The molecule has 0 saturated carbocycles. The summed E-state index contributed by atoms with van der Waals surface area (Å²) in [7, 11) is 1.19. The molecule has 4 rings (SSSR count). The van der Waals surface area contributed by atoms with E-state index in [9.17, 15) is 24.5 Å². The third-order valence-electron chi connectivity index (χ3n) is 5.11. The lowest BCUT2D eigenvalue weighted by atomic mass is 10.1. The van der Waals surface area contributed by atoms with E-state index >= 15 is 0 Å². The summed E-state index contributed by atoms with van der Waals surface area (Å²) in [6.45, 7) is -0.237. The molecular weight excluding hydrogens is 494 g/mol. The van der Waals surface area contributed by atoms with Gasteiger partial charge in [-0.05, 0) is 29.8 Å². The Kier molecular flexibility index (Phi) is 7.02. The normalized spacial score (nSPS) is 14.2. The minimum atomic E-state index is -0.745. The first-order chi connectivity index (χ1) is 17.3. The maximum atomic E-state index is 12.9. The number of urea groups is 1. The number of hydrogen-bond donors (Lipinski definition) is 1. The van der Waals surface area contributed by atoms with Crippen LogP contribution in [0.3, 0.4) is 0 Å². The van der Waals surface area contributed by atoms with Crippen LogP contribution in [0.5, 0.6) is 5.75 Å². The van der Waals surface area contributed by atoms with Gasteiger partial charge in [-0.25, -0.2) is 9.59 Å². The summed E-state index contributed by atoms with van der Waals surface area (Å²) in [5, 5.41) is 14.1. The van der Waals surface area contributed by atoms with Crippen molar-refractivity contribution in [2.75, 3.05) is 7.11 Å². The predicted octanol–water partition coefficient (Wildman–Crippen LogP) is 4.30. The van der Waals surface area contributed by atoms with E-state index in [1.807, 2.05) is 6.07 Å². The van der Waals surface area contributed by atoms with Crippen molar-refractivity contribution < 1.29 is 33.2 Å². The molecule has 0 atom stereocenters. The van der Waals surface area contributed by atoms with Crippen molar-refractivity contribution >= 4 is 41.3 Å². The number of rotatable bonds is 8. The molecule has 1 saturated heterocycles. The fourth-order valence-electron chi connectivity index (χ4n) is 3.43. The Bertz CT molecular complexity index is 1380. The van der Waals surface area contributed by atoms with E-state index in [1.165, 1.54) is 31.4 Å². The number of ether oxygens (including phenoxy) is 2. The molecule has 0 unspecified atom stereocenters. The molecule has 2 aromatic carbocycles. The van der Waals surface area contributed by atoms with Crippen molar-refractivity contribution in [2.45, 2.75) is 13.2 Å². The van der Waals surface area contributed by atoms with Gasteiger partial charge in [0.15, 0.2) is 0 Å². The van der Waals surface area contributed by atoms with Crippen molar-refractivity contribution in [3.05, 3.63) is 98.1 Å². The zero-order chi connectivity index (χ0) is 25.8. The van der Waals surface area contributed by atoms with Gasteiger partial charge in [-0.3, -0.25) is 19.8 Å². The number of hydrogen-bond acceptors (Lipinski definition) is 8. The third kappa shape index (κ3) is 5.20. The highest BCUT2D eigenvalue weighted by Crippen LogP contribution is 2.37. The molecule has 12 heteroatoms. The number of halogens is 1. The number of furan rings is 1. The lowest BCUT2D eigenvalue weighted by Crippen LogP contribution is -2.30. The molecule has 11 nitrogen and oxygen atoms in total. The molecule has 36 heavy (non-hydrogen) atoms. The zero-order valence-electron chi connectivity index (χ0n) is 18.7. The fourth-order valence-corrected chi connectivity index (χ4v) is 3.65. The van der Waals surface area contributed by atoms with E-state index in [0.717, 1.165) is 16.5 Å². The number of esters is 1. The van der Waals surface area contributed by atoms with Gasteiger partial charge in [0.2, 0.25) is 11.5 Å². The highest BCUT2D eigenvalue weighted by atomic mass is 35.5. The van der Waals surface area contributed by atoms with Gasteiger partial charge in [0, 0.05) is 16.7 Å². The Balaban J connectivity index is 1.62. The highest BCUT2D eigenvalue weighted by Gasteiger charge is 2.35. The van der Waals surface area contributed by atoms with E-state index < -0.39 is 28.5 Å². The van der Waals surface area contributed by atoms with Gasteiger partial charge in [-0.2, -0.15) is 0 Å². The topological polar surface area (TPSA) is 141 Å². The minimum absolute atomic E-state index is 0.0208.